The van der Waals surface area contributed by atoms with E-state index in [0.717, 1.165) is 35.6 Å². The first kappa shape index (κ1) is 19.9. The first-order chi connectivity index (χ1) is 13.5. The average Bonchev–Trinajstić information content (AvgIpc) is 3.30. The summed E-state index contributed by atoms with van der Waals surface area (Å²) in [6.45, 7) is 6.65. The number of thiophene rings is 1. The van der Waals surface area contributed by atoms with Gasteiger partial charge in [0.05, 0.1) is 18.7 Å². The minimum absolute atomic E-state index is 0.0640. The second-order valence-corrected chi connectivity index (χ2v) is 7.72. The molecule has 0 aliphatic rings. The second kappa shape index (κ2) is 8.89. The maximum atomic E-state index is 12.6. The number of para-hydroxylation sites is 1. The van der Waals surface area contributed by atoms with Crippen molar-refractivity contribution in [2.24, 2.45) is 0 Å². The van der Waals surface area contributed by atoms with Crippen molar-refractivity contribution in [1.82, 2.24) is 9.88 Å². The van der Waals surface area contributed by atoms with E-state index in [-0.39, 0.29) is 18.4 Å². The zero-order valence-electron chi connectivity index (χ0n) is 16.4. The summed E-state index contributed by atoms with van der Waals surface area (Å²) in [5.74, 6) is -0.467. The molecule has 2 N–H and O–H groups in total. The molecule has 0 saturated heterocycles. The van der Waals surface area contributed by atoms with E-state index in [4.69, 9.17) is 0 Å². The van der Waals surface area contributed by atoms with Gasteiger partial charge in [0.25, 0.3) is 5.91 Å². The molecule has 2 aromatic heterocycles. The summed E-state index contributed by atoms with van der Waals surface area (Å²) in [6, 6.07) is 13.7. The van der Waals surface area contributed by atoms with Crippen LogP contribution in [-0.4, -0.2) is 22.9 Å². The molecule has 0 unspecified atom stereocenters. The normalized spacial score (nSPS) is 10.7. The molecule has 0 aliphatic carbocycles. The van der Waals surface area contributed by atoms with Gasteiger partial charge in [-0.3, -0.25) is 9.59 Å². The number of benzene rings is 1. The SMILES string of the molecule is CCc1ccccc1NC(=O)CNC(=O)c1cc(C)n(Cc2cccs2)c1C. The van der Waals surface area contributed by atoms with Crippen molar-refractivity contribution in [2.45, 2.75) is 33.7 Å². The fourth-order valence-electron chi connectivity index (χ4n) is 3.23. The first-order valence-corrected chi connectivity index (χ1v) is 10.2. The lowest BCUT2D eigenvalue weighted by atomic mass is 10.1. The summed E-state index contributed by atoms with van der Waals surface area (Å²) in [7, 11) is 0. The Kier molecular flexibility index (Phi) is 6.31. The zero-order chi connectivity index (χ0) is 20.1. The number of anilines is 1. The van der Waals surface area contributed by atoms with Crippen molar-refractivity contribution in [2.75, 3.05) is 11.9 Å². The lowest BCUT2D eigenvalue weighted by Crippen LogP contribution is -2.33. The van der Waals surface area contributed by atoms with E-state index in [2.05, 4.69) is 21.3 Å². The molecule has 0 atom stereocenters. The van der Waals surface area contributed by atoms with Crippen LogP contribution in [0.4, 0.5) is 5.69 Å². The molecular formula is C22H25N3O2S. The van der Waals surface area contributed by atoms with Gasteiger partial charge in [-0.1, -0.05) is 31.2 Å². The smallest absolute Gasteiger partial charge is 0.253 e. The Morgan fingerprint density at radius 2 is 1.89 bits per heavy atom. The molecular weight excluding hydrogens is 370 g/mol. The lowest BCUT2D eigenvalue weighted by molar-refractivity contribution is -0.115. The number of carbonyl (C=O) groups excluding carboxylic acids is 2. The highest BCUT2D eigenvalue weighted by Crippen LogP contribution is 2.19. The fourth-order valence-corrected chi connectivity index (χ4v) is 3.93. The molecule has 0 aliphatic heterocycles. The number of nitrogens with one attached hydrogen (secondary N) is 2. The molecule has 2 heterocycles. The highest BCUT2D eigenvalue weighted by atomic mass is 32.1. The number of rotatable bonds is 7. The molecule has 0 bridgehead atoms. The standard InChI is InChI=1S/C22H25N3O2S/c1-4-17-8-5-6-10-20(17)24-21(26)13-23-22(27)19-12-15(2)25(16(19)3)14-18-9-7-11-28-18/h5-12H,4,13-14H2,1-3H3,(H,23,27)(H,24,26). The predicted octanol–water partition coefficient (Wildman–Crippen LogP) is 4.15. The zero-order valence-corrected chi connectivity index (χ0v) is 17.2. The van der Waals surface area contributed by atoms with E-state index in [1.54, 1.807) is 11.3 Å². The summed E-state index contributed by atoms with van der Waals surface area (Å²) in [5, 5.41) is 7.65. The minimum Gasteiger partial charge on any atom is -0.343 e. The van der Waals surface area contributed by atoms with Crippen molar-refractivity contribution < 1.29 is 9.59 Å². The predicted molar refractivity (Wildman–Crippen MR) is 114 cm³/mol. The van der Waals surface area contributed by atoms with E-state index in [9.17, 15) is 9.59 Å². The molecule has 2 amide bonds. The number of hydrogen-bond acceptors (Lipinski definition) is 3. The number of hydrogen-bond donors (Lipinski definition) is 2. The monoisotopic (exact) mass is 395 g/mol. The highest BCUT2D eigenvalue weighted by molar-refractivity contribution is 7.09. The van der Waals surface area contributed by atoms with Crippen molar-refractivity contribution in [3.63, 3.8) is 0 Å². The van der Waals surface area contributed by atoms with Gasteiger partial charge in [0.15, 0.2) is 0 Å². The van der Waals surface area contributed by atoms with Crippen LogP contribution in [0, 0.1) is 13.8 Å². The summed E-state index contributed by atoms with van der Waals surface area (Å²) in [5.41, 5.74) is 4.39. The van der Waals surface area contributed by atoms with Crippen molar-refractivity contribution in [1.29, 1.82) is 0 Å². The van der Waals surface area contributed by atoms with E-state index in [1.165, 1.54) is 4.88 Å². The Bertz CT molecular complexity index is 974. The van der Waals surface area contributed by atoms with Crippen LogP contribution in [0.3, 0.4) is 0 Å². The van der Waals surface area contributed by atoms with Crippen LogP contribution < -0.4 is 10.6 Å². The number of carbonyl (C=O) groups is 2. The molecule has 0 spiro atoms. The van der Waals surface area contributed by atoms with Crippen LogP contribution >= 0.6 is 11.3 Å². The van der Waals surface area contributed by atoms with Gasteiger partial charge in [-0.05, 0) is 49.4 Å². The topological polar surface area (TPSA) is 63.1 Å². The van der Waals surface area contributed by atoms with E-state index < -0.39 is 0 Å². The van der Waals surface area contributed by atoms with Crippen molar-refractivity contribution in [3.05, 3.63) is 75.2 Å². The van der Waals surface area contributed by atoms with Gasteiger partial charge >= 0.3 is 0 Å². The second-order valence-electron chi connectivity index (χ2n) is 6.69. The Morgan fingerprint density at radius 3 is 2.61 bits per heavy atom. The van der Waals surface area contributed by atoms with E-state index in [0.29, 0.717) is 5.56 Å². The fraction of sp³-hybridized carbons (Fsp3) is 0.273. The third kappa shape index (κ3) is 4.51. The third-order valence-corrected chi connectivity index (χ3v) is 5.66. The Morgan fingerprint density at radius 1 is 1.11 bits per heavy atom. The molecule has 0 fully saturated rings. The molecule has 3 rings (SSSR count). The first-order valence-electron chi connectivity index (χ1n) is 9.34. The van der Waals surface area contributed by atoms with Crippen LogP contribution in [0.25, 0.3) is 0 Å². The Balaban J connectivity index is 1.62. The number of amides is 2. The van der Waals surface area contributed by atoms with Gasteiger partial charge in [0.1, 0.15) is 0 Å². The number of aromatic nitrogens is 1. The Labute approximate surface area is 169 Å². The third-order valence-electron chi connectivity index (χ3n) is 4.79. The maximum Gasteiger partial charge on any atom is 0.253 e. The van der Waals surface area contributed by atoms with Gasteiger partial charge in [-0.2, -0.15) is 0 Å². The van der Waals surface area contributed by atoms with Crippen LogP contribution in [0.15, 0.2) is 47.8 Å². The summed E-state index contributed by atoms with van der Waals surface area (Å²) in [6.07, 6.45) is 0.832. The lowest BCUT2D eigenvalue weighted by Gasteiger charge is -2.11. The van der Waals surface area contributed by atoms with Gasteiger partial charge in [-0.15, -0.1) is 11.3 Å². The Hall–Kier alpha value is -2.86. The van der Waals surface area contributed by atoms with Gasteiger partial charge in [-0.25, -0.2) is 0 Å². The van der Waals surface area contributed by atoms with E-state index in [1.807, 2.05) is 62.5 Å². The van der Waals surface area contributed by atoms with Crippen LogP contribution in [0.2, 0.25) is 0 Å². The molecule has 0 saturated carbocycles. The van der Waals surface area contributed by atoms with Crippen LogP contribution in [0.1, 0.15) is 39.1 Å². The molecule has 146 valence electrons. The minimum atomic E-state index is -0.235. The van der Waals surface area contributed by atoms with E-state index >= 15 is 0 Å². The van der Waals surface area contributed by atoms with Crippen molar-refractivity contribution >= 4 is 28.8 Å². The van der Waals surface area contributed by atoms with Gasteiger partial charge < -0.3 is 15.2 Å². The molecule has 28 heavy (non-hydrogen) atoms. The number of nitrogens with zero attached hydrogens (tertiary/aromatic N) is 1. The molecule has 3 aromatic rings. The molecule has 1 aromatic carbocycles. The van der Waals surface area contributed by atoms with Crippen LogP contribution in [-0.2, 0) is 17.8 Å². The maximum absolute atomic E-state index is 12.6. The molecule has 5 nitrogen and oxygen atoms in total. The van der Waals surface area contributed by atoms with Gasteiger partial charge in [0, 0.05) is 22.0 Å². The van der Waals surface area contributed by atoms with Crippen LogP contribution in [0.5, 0.6) is 0 Å². The van der Waals surface area contributed by atoms with Crippen molar-refractivity contribution in [3.8, 4) is 0 Å². The van der Waals surface area contributed by atoms with Gasteiger partial charge in [0.2, 0.25) is 5.91 Å². The highest BCUT2D eigenvalue weighted by Gasteiger charge is 2.17. The summed E-state index contributed by atoms with van der Waals surface area (Å²) < 4.78 is 2.12. The molecule has 0 radical (unpaired) electrons. The largest absolute Gasteiger partial charge is 0.343 e. The quantitative estimate of drug-likeness (QED) is 0.631. The molecule has 6 heteroatoms. The summed E-state index contributed by atoms with van der Waals surface area (Å²) >= 11 is 1.70. The summed E-state index contributed by atoms with van der Waals surface area (Å²) in [4.78, 5) is 26.1. The average molecular weight is 396 g/mol. The number of aryl methyl sites for hydroxylation is 2.